The van der Waals surface area contributed by atoms with Crippen LogP contribution in [0.25, 0.3) is 0 Å². The molecule has 4 atom stereocenters. The summed E-state index contributed by atoms with van der Waals surface area (Å²) in [6.45, 7) is 11.5. The van der Waals surface area contributed by atoms with Crippen molar-refractivity contribution in [1.29, 1.82) is 0 Å². The Balaban J connectivity index is 0.976. The molecule has 4 aliphatic rings. The number of hydrogen-bond acceptors (Lipinski definition) is 5. The molecule has 1 aromatic carbocycles. The second kappa shape index (κ2) is 8.51. The van der Waals surface area contributed by atoms with Crippen LogP contribution in [0, 0.1) is 17.8 Å². The van der Waals surface area contributed by atoms with Gasteiger partial charge in [-0.15, -0.1) is 0 Å². The molecule has 3 saturated heterocycles. The average molecular weight is 474 g/mol. The number of amides is 1. The molecule has 4 unspecified atom stereocenters. The number of pyridine rings is 1. The zero-order chi connectivity index (χ0) is 24.3. The van der Waals surface area contributed by atoms with Crippen LogP contribution in [0.1, 0.15) is 49.5 Å². The van der Waals surface area contributed by atoms with Crippen LogP contribution in [-0.4, -0.2) is 72.5 Å². The van der Waals surface area contributed by atoms with Crippen molar-refractivity contribution in [1.82, 2.24) is 14.8 Å². The molecule has 4 fully saturated rings. The Bertz CT molecular complexity index is 1050. The largest absolute Gasteiger partial charge is 0.383 e. The summed E-state index contributed by atoms with van der Waals surface area (Å²) in [6, 6.07) is 13.9. The van der Waals surface area contributed by atoms with Crippen LogP contribution in [0.3, 0.4) is 0 Å². The molecule has 1 amide bonds. The van der Waals surface area contributed by atoms with Crippen molar-refractivity contribution in [3.63, 3.8) is 0 Å². The Labute approximate surface area is 209 Å². The van der Waals surface area contributed by atoms with E-state index in [9.17, 15) is 4.79 Å². The number of fused-ring (bicyclic) bond motifs is 3. The van der Waals surface area contributed by atoms with Crippen molar-refractivity contribution >= 4 is 17.4 Å². The maximum atomic E-state index is 13.0. The van der Waals surface area contributed by atoms with E-state index in [-0.39, 0.29) is 11.3 Å². The van der Waals surface area contributed by atoms with Crippen LogP contribution < -0.4 is 10.2 Å². The molecular weight excluding hydrogens is 434 g/mol. The van der Waals surface area contributed by atoms with Gasteiger partial charge in [-0.3, -0.25) is 9.69 Å². The Morgan fingerprint density at radius 3 is 2.20 bits per heavy atom. The van der Waals surface area contributed by atoms with Gasteiger partial charge in [-0.25, -0.2) is 4.98 Å². The number of carbonyl (C=O) groups is 1. The number of piperidine rings is 1. The molecular formula is C29H39N5O. The quantitative estimate of drug-likeness (QED) is 0.709. The van der Waals surface area contributed by atoms with Crippen LogP contribution in [0.5, 0.6) is 0 Å². The Morgan fingerprint density at radius 2 is 1.63 bits per heavy atom. The van der Waals surface area contributed by atoms with Gasteiger partial charge in [0, 0.05) is 50.4 Å². The third-order valence-corrected chi connectivity index (χ3v) is 9.12. The third-order valence-electron chi connectivity index (χ3n) is 9.12. The minimum atomic E-state index is 0.108. The molecule has 3 aliphatic heterocycles. The lowest BCUT2D eigenvalue weighted by atomic mass is 9.86. The van der Waals surface area contributed by atoms with E-state index in [0.717, 1.165) is 49.8 Å². The molecule has 1 aliphatic carbocycles. The Hall–Kier alpha value is -2.60. The average Bonchev–Trinajstić information content (AvgIpc) is 3.23. The van der Waals surface area contributed by atoms with Gasteiger partial charge in [0.1, 0.15) is 5.82 Å². The monoisotopic (exact) mass is 473 g/mol. The number of likely N-dealkylation sites (N-methyl/N-ethyl adjacent to an activating group) is 1. The number of nitrogens with zero attached hydrogens (tertiary/aromatic N) is 4. The van der Waals surface area contributed by atoms with Crippen LogP contribution in [0.2, 0.25) is 0 Å². The van der Waals surface area contributed by atoms with Crippen LogP contribution >= 0.6 is 0 Å². The lowest BCUT2D eigenvalue weighted by molar-refractivity contribution is 0.0768. The van der Waals surface area contributed by atoms with E-state index in [1.54, 1.807) is 0 Å². The summed E-state index contributed by atoms with van der Waals surface area (Å²) in [4.78, 5) is 24.8. The second-order valence-corrected chi connectivity index (χ2v) is 12.3. The molecule has 4 heterocycles. The maximum absolute atomic E-state index is 13.0. The number of piperazine rings is 1. The summed E-state index contributed by atoms with van der Waals surface area (Å²) in [5, 5.41) is 3.61. The second-order valence-electron chi connectivity index (χ2n) is 12.3. The minimum Gasteiger partial charge on any atom is -0.383 e. The Kier molecular flexibility index (Phi) is 5.55. The van der Waals surface area contributed by atoms with Crippen LogP contribution in [0.4, 0.5) is 11.5 Å². The summed E-state index contributed by atoms with van der Waals surface area (Å²) < 4.78 is 0. The highest BCUT2D eigenvalue weighted by molar-refractivity contribution is 5.94. The van der Waals surface area contributed by atoms with Gasteiger partial charge >= 0.3 is 0 Å². The first-order valence-corrected chi connectivity index (χ1v) is 13.3. The van der Waals surface area contributed by atoms with Gasteiger partial charge in [0.05, 0.1) is 11.9 Å². The van der Waals surface area contributed by atoms with E-state index < -0.39 is 0 Å². The van der Waals surface area contributed by atoms with Crippen molar-refractivity contribution in [3.8, 4) is 0 Å². The van der Waals surface area contributed by atoms with Gasteiger partial charge in [-0.1, -0.05) is 32.9 Å². The predicted molar refractivity (Wildman–Crippen MR) is 141 cm³/mol. The van der Waals surface area contributed by atoms with E-state index >= 15 is 0 Å². The molecule has 6 rings (SSSR count). The normalized spacial score (nSPS) is 29.9. The van der Waals surface area contributed by atoms with Crippen molar-refractivity contribution in [2.45, 2.75) is 51.1 Å². The molecule has 1 saturated carbocycles. The molecule has 1 aromatic heterocycles. The molecule has 0 radical (unpaired) electrons. The van der Waals surface area contributed by atoms with Crippen LogP contribution in [0.15, 0.2) is 42.6 Å². The Morgan fingerprint density at radius 1 is 0.971 bits per heavy atom. The van der Waals surface area contributed by atoms with Crippen molar-refractivity contribution < 1.29 is 4.79 Å². The number of nitrogens with one attached hydrogen (secondary N) is 1. The van der Waals surface area contributed by atoms with E-state index in [1.165, 1.54) is 18.4 Å². The standard InChI is InChI=1S/C29H39N5O/c1-29(2,3)20-7-5-19(6-8-20)28(35)34-17-25-24(26(25)18-34)14-30-21-9-12-27(31-13-21)33-15-22-10-11-23(16-33)32(22)4/h5-9,12-13,22-26,30H,10-11,14-18H2,1-4H3. The van der Waals surface area contributed by atoms with Crippen molar-refractivity contribution in [2.24, 2.45) is 17.8 Å². The lowest BCUT2D eigenvalue weighted by Gasteiger charge is -2.39. The van der Waals surface area contributed by atoms with Gasteiger partial charge in [-0.2, -0.15) is 0 Å². The first-order chi connectivity index (χ1) is 16.8. The lowest BCUT2D eigenvalue weighted by Crippen LogP contribution is -2.52. The summed E-state index contributed by atoms with van der Waals surface area (Å²) in [7, 11) is 2.27. The van der Waals surface area contributed by atoms with Gasteiger partial charge in [0.25, 0.3) is 5.91 Å². The molecule has 2 aromatic rings. The smallest absolute Gasteiger partial charge is 0.253 e. The van der Waals surface area contributed by atoms with Gasteiger partial charge in [-0.05, 0) is 72.9 Å². The first kappa shape index (κ1) is 22.8. The topological polar surface area (TPSA) is 51.7 Å². The fourth-order valence-corrected chi connectivity index (χ4v) is 6.63. The van der Waals surface area contributed by atoms with Crippen molar-refractivity contribution in [3.05, 3.63) is 53.7 Å². The van der Waals surface area contributed by atoms with Crippen molar-refractivity contribution in [2.75, 3.05) is 50.0 Å². The predicted octanol–water partition coefficient (Wildman–Crippen LogP) is 4.09. The highest BCUT2D eigenvalue weighted by atomic mass is 16.2. The number of carbonyl (C=O) groups excluding carboxylic acids is 1. The molecule has 35 heavy (non-hydrogen) atoms. The van der Waals surface area contributed by atoms with E-state index in [2.05, 4.69) is 72.1 Å². The molecule has 0 spiro atoms. The number of anilines is 2. The molecule has 6 nitrogen and oxygen atoms in total. The molecule has 1 N–H and O–H groups in total. The van der Waals surface area contributed by atoms with Gasteiger partial charge in [0.2, 0.25) is 0 Å². The number of benzene rings is 1. The van der Waals surface area contributed by atoms with E-state index in [1.807, 2.05) is 18.3 Å². The van der Waals surface area contributed by atoms with Gasteiger partial charge < -0.3 is 15.1 Å². The zero-order valence-electron chi connectivity index (χ0n) is 21.6. The van der Waals surface area contributed by atoms with Gasteiger partial charge in [0.15, 0.2) is 0 Å². The third kappa shape index (κ3) is 4.31. The molecule has 6 heteroatoms. The molecule has 186 valence electrons. The van der Waals surface area contributed by atoms with Crippen LogP contribution in [-0.2, 0) is 5.41 Å². The van der Waals surface area contributed by atoms with E-state index in [4.69, 9.17) is 4.98 Å². The SMILES string of the molecule is CN1C2CCC1CN(c1ccc(NCC3C4CN(C(=O)c5ccc(C(C)(C)C)cc5)CC34)cn1)C2. The number of likely N-dealkylation sites (tertiary alicyclic amines) is 1. The number of aromatic nitrogens is 1. The molecule has 2 bridgehead atoms. The summed E-state index contributed by atoms with van der Waals surface area (Å²) >= 11 is 0. The van der Waals surface area contributed by atoms with E-state index in [0.29, 0.717) is 29.8 Å². The minimum absolute atomic E-state index is 0.108. The highest BCUT2D eigenvalue weighted by Crippen LogP contribution is 2.51. The summed E-state index contributed by atoms with van der Waals surface area (Å²) in [5.41, 5.74) is 3.29. The summed E-state index contributed by atoms with van der Waals surface area (Å²) in [6.07, 6.45) is 4.62. The first-order valence-electron chi connectivity index (χ1n) is 13.3. The maximum Gasteiger partial charge on any atom is 0.253 e. The fraction of sp³-hybridized carbons (Fsp3) is 0.586. The fourth-order valence-electron chi connectivity index (χ4n) is 6.63. The highest BCUT2D eigenvalue weighted by Gasteiger charge is 2.56. The summed E-state index contributed by atoms with van der Waals surface area (Å²) in [5.74, 6) is 3.21. The zero-order valence-corrected chi connectivity index (χ0v) is 21.6. The number of hydrogen-bond donors (Lipinski definition) is 1. The number of rotatable bonds is 5.